The molecule has 7 rings (SSSR count). The number of rotatable bonds is 13. The van der Waals surface area contributed by atoms with Crippen LogP contribution in [0.15, 0.2) is 12.2 Å². The summed E-state index contributed by atoms with van der Waals surface area (Å²) in [6, 6.07) is -10.8. The highest BCUT2D eigenvalue weighted by Crippen LogP contribution is 2.50. The molecule has 3 heterocycles. The van der Waals surface area contributed by atoms with Crippen LogP contribution in [-0.4, -0.2) is 288 Å². The van der Waals surface area contributed by atoms with Crippen LogP contribution in [0.25, 0.3) is 0 Å². The van der Waals surface area contributed by atoms with Crippen LogP contribution in [0.2, 0.25) is 0 Å². The summed E-state index contributed by atoms with van der Waals surface area (Å²) in [6.45, 7) is 9.31. The van der Waals surface area contributed by atoms with E-state index in [2.05, 4.69) is 16.0 Å². The van der Waals surface area contributed by atoms with Crippen LogP contribution in [0.1, 0.15) is 183 Å². The maximum atomic E-state index is 15.8. The van der Waals surface area contributed by atoms with Gasteiger partial charge in [0.05, 0.1) is 36.9 Å². The minimum atomic E-state index is -4.47. The molecule has 2 saturated heterocycles. The fourth-order valence-corrected chi connectivity index (χ4v) is 17.6. The highest BCUT2D eigenvalue weighted by Gasteiger charge is 2.59. The number of ether oxygens (including phenoxy) is 1. The van der Waals surface area contributed by atoms with Crippen molar-refractivity contribution in [2.24, 2.45) is 35.0 Å². The Balaban J connectivity index is 1.33. The topological polar surface area (TPSA) is 279 Å². The number of hydrogen-bond acceptors (Lipinski definition) is 13. The molecule has 0 aromatic heterocycles. The van der Waals surface area contributed by atoms with Crippen LogP contribution in [0.5, 0.6) is 0 Å². The standard InChI is InChI=1S/C75H118ClF5N12O13/c1-15-23-53-64(97)83-62(44(4)16-2)70(103)87(10)41-60(96)89(12)54-26-19-18-22-33-92(69(54)102)57(36-45-27-30-48(31-28-45)75(79,80)81)68(101)86(9)40-58(94)82-52(32-29-46-34-50(77)61(76)51(78)35-46)66(99)93-39-49(106-17-3)37-55(93)65(98)84-74(42-73(5,6)43-74)72(105)91(14)63(47-24-20-21-25-47)71(104)90(13)56(67(100)85(7)8)38-59(95)88(53)11/h18-19,44-57,61-63H,15-17,20-43H2,1-14H3,(H,82,94)(H,83,97)(H,84,98)/b19-18-/t44-,45?,46?,48?,49+,50?,51?,52-,53-,54-,55-,56-,57-,61?,62-,63-/m0/s1. The van der Waals surface area contributed by atoms with Gasteiger partial charge in [-0.05, 0) is 139 Å². The minimum Gasteiger partial charge on any atom is -0.377 e. The van der Waals surface area contributed by atoms with Gasteiger partial charge in [0.2, 0.25) is 70.9 Å². The van der Waals surface area contributed by atoms with Gasteiger partial charge >= 0.3 is 6.18 Å². The number of nitrogens with one attached hydrogen (secondary N) is 3. The van der Waals surface area contributed by atoms with E-state index in [0.29, 0.717) is 38.5 Å². The molecule has 6 fully saturated rings. The van der Waals surface area contributed by atoms with Crippen molar-refractivity contribution >= 4 is 82.5 Å². The van der Waals surface area contributed by atoms with Crippen LogP contribution in [0.3, 0.4) is 0 Å². The van der Waals surface area contributed by atoms with E-state index in [1.54, 1.807) is 39.8 Å². The normalized spacial score (nSPS) is 32.6. The largest absolute Gasteiger partial charge is 0.391 e. The summed E-state index contributed by atoms with van der Waals surface area (Å²) in [5.74, 6) is -12.6. The van der Waals surface area contributed by atoms with E-state index in [4.69, 9.17) is 16.3 Å². The van der Waals surface area contributed by atoms with Gasteiger partial charge in [0.1, 0.15) is 66.2 Å². The first kappa shape index (κ1) is 86.5. The van der Waals surface area contributed by atoms with Gasteiger partial charge in [0.25, 0.3) is 0 Å². The van der Waals surface area contributed by atoms with Crippen molar-refractivity contribution in [2.45, 2.75) is 267 Å². The Kier molecular flexibility index (Phi) is 30.3. The zero-order valence-corrected chi connectivity index (χ0v) is 65.4. The molecule has 3 N–H and O–H groups in total. The molecule has 7 aliphatic rings. The molecule has 2 unspecified atom stereocenters. The van der Waals surface area contributed by atoms with E-state index in [-0.39, 0.29) is 116 Å². The average molecular weight is 1530 g/mol. The molecular formula is C75H118ClF5N12O13. The fourth-order valence-electron chi connectivity index (χ4n) is 17.4. The van der Waals surface area contributed by atoms with E-state index in [9.17, 15) is 41.9 Å². The first-order valence-corrected chi connectivity index (χ1v) is 38.7. The molecule has 2 bridgehead atoms. The van der Waals surface area contributed by atoms with Crippen molar-refractivity contribution in [3.05, 3.63) is 12.2 Å². The number of fused-ring (bicyclic) bond motifs is 3. The molecule has 4 saturated carbocycles. The van der Waals surface area contributed by atoms with Gasteiger partial charge in [-0.1, -0.05) is 72.5 Å². The smallest absolute Gasteiger partial charge is 0.377 e. The van der Waals surface area contributed by atoms with Gasteiger partial charge in [-0.2, -0.15) is 13.2 Å². The molecule has 31 heteroatoms. The Morgan fingerprint density at radius 3 is 1.88 bits per heavy atom. The van der Waals surface area contributed by atoms with E-state index in [1.807, 2.05) is 13.8 Å². The number of hydrogen-bond donors (Lipinski definition) is 3. The molecule has 25 nitrogen and oxygen atoms in total. The summed E-state index contributed by atoms with van der Waals surface area (Å²) in [4.78, 5) is 192. The fraction of sp³-hybridized carbons (Fsp3) is 0.813. The number of likely N-dealkylation sites (N-methyl/N-ethyl adjacent to an activating group) is 7. The second-order valence-corrected chi connectivity index (χ2v) is 32.9. The number of alkyl halides is 6. The van der Waals surface area contributed by atoms with Crippen LogP contribution in [0, 0.1) is 35.0 Å². The molecule has 0 aromatic rings. The van der Waals surface area contributed by atoms with Crippen molar-refractivity contribution in [1.29, 1.82) is 0 Å². The van der Waals surface area contributed by atoms with Crippen LogP contribution < -0.4 is 16.0 Å². The molecular weight excluding hydrogens is 1410 g/mol. The third-order valence-corrected chi connectivity index (χ3v) is 24.2. The van der Waals surface area contributed by atoms with Crippen molar-refractivity contribution in [1.82, 2.24) is 60.0 Å². The van der Waals surface area contributed by atoms with Crippen molar-refractivity contribution in [3.63, 3.8) is 0 Å². The van der Waals surface area contributed by atoms with Crippen molar-refractivity contribution in [3.8, 4) is 0 Å². The Hall–Kier alpha value is -6.72. The summed E-state index contributed by atoms with van der Waals surface area (Å²) in [5, 5.41) is 7.26. The predicted molar refractivity (Wildman–Crippen MR) is 386 cm³/mol. The summed E-state index contributed by atoms with van der Waals surface area (Å²) in [6.07, 6.45) is -3.55. The molecule has 12 atom stereocenters. The molecule has 0 aromatic carbocycles. The van der Waals surface area contributed by atoms with Gasteiger partial charge in [-0.15, -0.1) is 11.6 Å². The van der Waals surface area contributed by atoms with E-state index in [0.717, 1.165) is 19.6 Å². The summed E-state index contributed by atoms with van der Waals surface area (Å²) in [7, 11) is 11.2. The highest BCUT2D eigenvalue weighted by atomic mass is 35.5. The lowest BCUT2D eigenvalue weighted by Crippen LogP contribution is -2.71. The second kappa shape index (κ2) is 37.1. The third kappa shape index (κ3) is 20.8. The first-order chi connectivity index (χ1) is 49.7. The third-order valence-electron chi connectivity index (χ3n) is 23.7. The molecule has 12 amide bonds. The van der Waals surface area contributed by atoms with Crippen LogP contribution in [0.4, 0.5) is 22.0 Å². The van der Waals surface area contributed by atoms with Crippen LogP contribution >= 0.6 is 11.6 Å². The lowest BCUT2D eigenvalue weighted by atomic mass is 9.58. The Bertz CT molecular complexity index is 3170. The molecule has 1 spiro atoms. The number of halogens is 6. The summed E-state index contributed by atoms with van der Waals surface area (Å²) in [5.41, 5.74) is -2.23. The SMILES string of the molecule is CCC[C@H]1C(=O)N[C@@H]([C@@H](C)CC)C(=O)N(C)CC(=O)N(C)[C@H]2C/C=C\CCN(C2=O)[C@@H](CC2CCC(C(F)(F)F)CC2)C(=O)N(C)CC(=O)N[C@@H](CCC2CC(F)C(Cl)C(F)C2)C(=O)N2C[C@H](OCC)C[C@H]2C(=O)NC2(CC(C)(C)C2)C(=O)N(C)[C@@H](C2CCCC2)C(=O)N(C)[C@H](C(=O)N(C)C)CC(=O)N1C. The summed E-state index contributed by atoms with van der Waals surface area (Å²) < 4.78 is 79.1. The van der Waals surface area contributed by atoms with E-state index in [1.165, 1.54) is 80.9 Å². The van der Waals surface area contributed by atoms with E-state index >= 15 is 37.5 Å². The first-order valence-electron chi connectivity index (χ1n) is 38.3. The van der Waals surface area contributed by atoms with Crippen LogP contribution in [-0.2, 0) is 62.3 Å². The lowest BCUT2D eigenvalue weighted by Gasteiger charge is -2.54. The van der Waals surface area contributed by atoms with E-state index < -0.39 is 209 Å². The second-order valence-electron chi connectivity index (χ2n) is 32.4. The Labute approximate surface area is 627 Å². The molecule has 3 aliphatic heterocycles. The lowest BCUT2D eigenvalue weighted by molar-refractivity contribution is -0.184. The molecule has 4 aliphatic carbocycles. The van der Waals surface area contributed by atoms with Gasteiger partial charge in [0, 0.05) is 82.5 Å². The molecule has 106 heavy (non-hydrogen) atoms. The number of amides is 12. The molecule has 598 valence electrons. The highest BCUT2D eigenvalue weighted by molar-refractivity contribution is 6.21. The maximum Gasteiger partial charge on any atom is 0.391 e. The number of nitrogens with zero attached hydrogens (tertiary/aromatic N) is 9. The van der Waals surface area contributed by atoms with Gasteiger partial charge in [-0.3, -0.25) is 57.5 Å². The minimum absolute atomic E-state index is 0.0207. The zero-order valence-electron chi connectivity index (χ0n) is 64.7. The monoisotopic (exact) mass is 1520 g/mol. The molecule has 0 radical (unpaired) electrons. The van der Waals surface area contributed by atoms with Gasteiger partial charge in [-0.25, -0.2) is 8.78 Å². The van der Waals surface area contributed by atoms with Crippen molar-refractivity contribution in [2.75, 3.05) is 89.2 Å². The Morgan fingerprint density at radius 1 is 0.679 bits per heavy atom. The maximum absolute atomic E-state index is 15.8. The zero-order chi connectivity index (χ0) is 78.8. The van der Waals surface area contributed by atoms with Gasteiger partial charge in [0.15, 0.2) is 0 Å². The van der Waals surface area contributed by atoms with Crippen molar-refractivity contribution < 1.29 is 84.2 Å². The number of carbonyl (C=O) groups excluding carboxylic acids is 12. The quantitative estimate of drug-likeness (QED) is 0.106. The predicted octanol–water partition coefficient (Wildman–Crippen LogP) is 6.17. The number of carbonyl (C=O) groups is 12. The average Bonchev–Trinajstić information content (AvgIpc) is 0.926. The van der Waals surface area contributed by atoms with Gasteiger partial charge < -0.3 is 64.8 Å². The summed E-state index contributed by atoms with van der Waals surface area (Å²) >= 11 is 6.10. The Morgan fingerprint density at radius 2 is 1.30 bits per heavy atom.